The van der Waals surface area contributed by atoms with Gasteiger partial charge in [-0.1, -0.05) is 37.6 Å². The minimum absolute atomic E-state index is 0. The summed E-state index contributed by atoms with van der Waals surface area (Å²) in [6.07, 6.45) is 3.79. The highest BCUT2D eigenvalue weighted by Gasteiger charge is 2.07. The second-order valence-electron chi connectivity index (χ2n) is 5.54. The molecule has 0 aliphatic carbocycles. The van der Waals surface area contributed by atoms with Crippen LogP contribution in [0, 0.1) is 5.82 Å². The van der Waals surface area contributed by atoms with Gasteiger partial charge in [0.15, 0.2) is 5.96 Å². The molecule has 0 saturated carbocycles. The maximum Gasteiger partial charge on any atom is 0.218 e. The Labute approximate surface area is 171 Å². The van der Waals surface area contributed by atoms with Gasteiger partial charge in [0, 0.05) is 37.5 Å². The number of ether oxygens (including phenoxy) is 1. The van der Waals surface area contributed by atoms with E-state index < -0.39 is 0 Å². The molecule has 2 aromatic rings. The predicted molar refractivity (Wildman–Crippen MR) is 113 cm³/mol. The van der Waals surface area contributed by atoms with Crippen molar-refractivity contribution in [2.75, 3.05) is 13.7 Å². The van der Waals surface area contributed by atoms with Crippen LogP contribution in [-0.2, 0) is 13.1 Å². The summed E-state index contributed by atoms with van der Waals surface area (Å²) in [4.78, 5) is 8.45. The van der Waals surface area contributed by atoms with Gasteiger partial charge in [0.1, 0.15) is 5.82 Å². The number of aromatic nitrogens is 1. The molecule has 0 fully saturated rings. The molecule has 0 atom stereocenters. The highest BCUT2D eigenvalue weighted by Crippen LogP contribution is 2.14. The molecule has 7 heteroatoms. The lowest BCUT2D eigenvalue weighted by atomic mass is 10.2. The van der Waals surface area contributed by atoms with Gasteiger partial charge in [-0.25, -0.2) is 9.37 Å². The van der Waals surface area contributed by atoms with Gasteiger partial charge in [0.2, 0.25) is 5.88 Å². The average Bonchev–Trinajstić information content (AvgIpc) is 2.64. The molecule has 0 saturated heterocycles. The van der Waals surface area contributed by atoms with Crippen molar-refractivity contribution in [3.63, 3.8) is 0 Å². The molecular weight excluding hydrogens is 446 g/mol. The van der Waals surface area contributed by atoms with Crippen molar-refractivity contribution in [2.45, 2.75) is 32.9 Å². The normalized spacial score (nSPS) is 10.8. The third kappa shape index (κ3) is 7.15. The third-order valence-electron chi connectivity index (χ3n) is 3.66. The zero-order chi connectivity index (χ0) is 17.9. The van der Waals surface area contributed by atoms with E-state index >= 15 is 0 Å². The van der Waals surface area contributed by atoms with Crippen LogP contribution in [0.15, 0.2) is 47.6 Å². The van der Waals surface area contributed by atoms with Crippen LogP contribution in [0.3, 0.4) is 0 Å². The highest BCUT2D eigenvalue weighted by molar-refractivity contribution is 14.0. The summed E-state index contributed by atoms with van der Waals surface area (Å²) in [6.45, 7) is 3.65. The molecule has 142 valence electrons. The Hall–Kier alpha value is -1.90. The number of pyridine rings is 1. The van der Waals surface area contributed by atoms with Crippen molar-refractivity contribution < 1.29 is 9.13 Å². The molecule has 2 rings (SSSR count). The molecule has 2 N–H and O–H groups in total. The number of guanidine groups is 1. The van der Waals surface area contributed by atoms with Gasteiger partial charge in [-0.2, -0.15) is 0 Å². The van der Waals surface area contributed by atoms with Crippen LogP contribution >= 0.6 is 24.0 Å². The van der Waals surface area contributed by atoms with E-state index in [2.05, 4.69) is 27.5 Å². The first-order valence-corrected chi connectivity index (χ1v) is 8.49. The van der Waals surface area contributed by atoms with Gasteiger partial charge < -0.3 is 15.4 Å². The molecule has 1 aromatic heterocycles. The van der Waals surface area contributed by atoms with E-state index in [1.807, 2.05) is 18.2 Å². The standard InChI is InChI=1S/C19H25FN4O.HI/c1-3-4-12-25-18-16(9-7-11-22-18)14-24-19(21-2)23-13-15-8-5-6-10-17(15)20;/h5-11H,3-4,12-14H2,1-2H3,(H2,21,23,24);1H. The Balaban J connectivity index is 0.00000338. The summed E-state index contributed by atoms with van der Waals surface area (Å²) in [5, 5.41) is 6.31. The summed E-state index contributed by atoms with van der Waals surface area (Å²) in [5.74, 6) is 0.990. The fraction of sp³-hybridized carbons (Fsp3) is 0.368. The number of rotatable bonds is 8. The van der Waals surface area contributed by atoms with Gasteiger partial charge in [-0.15, -0.1) is 24.0 Å². The average molecular weight is 472 g/mol. The number of halogens is 2. The second kappa shape index (κ2) is 12.5. The van der Waals surface area contributed by atoms with Gasteiger partial charge in [0.05, 0.1) is 6.61 Å². The number of nitrogens with zero attached hydrogens (tertiary/aromatic N) is 2. The molecule has 0 spiro atoms. The van der Waals surface area contributed by atoms with Crippen LogP contribution in [0.4, 0.5) is 4.39 Å². The zero-order valence-electron chi connectivity index (χ0n) is 15.2. The van der Waals surface area contributed by atoms with E-state index in [4.69, 9.17) is 4.74 Å². The van der Waals surface area contributed by atoms with E-state index in [0.29, 0.717) is 37.1 Å². The first-order valence-electron chi connectivity index (χ1n) is 8.49. The topological polar surface area (TPSA) is 58.5 Å². The Bertz CT molecular complexity index is 697. The summed E-state index contributed by atoms with van der Waals surface area (Å²) in [5.41, 5.74) is 1.54. The SMILES string of the molecule is CCCCOc1ncccc1CNC(=NC)NCc1ccccc1F.I. The molecule has 0 radical (unpaired) electrons. The molecule has 0 amide bonds. The van der Waals surface area contributed by atoms with E-state index in [1.54, 1.807) is 25.4 Å². The monoisotopic (exact) mass is 472 g/mol. The van der Waals surface area contributed by atoms with Crippen LogP contribution in [0.2, 0.25) is 0 Å². The fourth-order valence-corrected chi connectivity index (χ4v) is 2.22. The largest absolute Gasteiger partial charge is 0.477 e. The van der Waals surface area contributed by atoms with Crippen LogP contribution < -0.4 is 15.4 Å². The molecule has 26 heavy (non-hydrogen) atoms. The van der Waals surface area contributed by atoms with Crippen LogP contribution in [0.1, 0.15) is 30.9 Å². The van der Waals surface area contributed by atoms with E-state index in [9.17, 15) is 4.39 Å². The van der Waals surface area contributed by atoms with Crippen LogP contribution in [0.25, 0.3) is 0 Å². The lowest BCUT2D eigenvalue weighted by molar-refractivity contribution is 0.294. The van der Waals surface area contributed by atoms with Gasteiger partial charge >= 0.3 is 0 Å². The van der Waals surface area contributed by atoms with Crippen LogP contribution in [-0.4, -0.2) is 24.6 Å². The Morgan fingerprint density at radius 3 is 2.50 bits per heavy atom. The molecular formula is C19H26FIN4O. The number of aliphatic imine (C=N–C) groups is 1. The molecule has 0 aliphatic rings. The quantitative estimate of drug-likeness (QED) is 0.265. The number of hydrogen-bond donors (Lipinski definition) is 2. The number of nitrogens with one attached hydrogen (secondary N) is 2. The van der Waals surface area contributed by atoms with Crippen molar-refractivity contribution in [2.24, 2.45) is 4.99 Å². The minimum Gasteiger partial charge on any atom is -0.477 e. The van der Waals surface area contributed by atoms with Crippen molar-refractivity contribution in [3.8, 4) is 5.88 Å². The maximum atomic E-state index is 13.7. The Morgan fingerprint density at radius 2 is 1.81 bits per heavy atom. The Kier molecular flexibility index (Phi) is 10.6. The maximum absolute atomic E-state index is 13.7. The van der Waals surface area contributed by atoms with E-state index in [1.165, 1.54) is 6.07 Å². The summed E-state index contributed by atoms with van der Waals surface area (Å²) >= 11 is 0. The van der Waals surface area contributed by atoms with Crippen molar-refractivity contribution in [1.29, 1.82) is 0 Å². The third-order valence-corrected chi connectivity index (χ3v) is 3.66. The number of unbranched alkanes of at least 4 members (excludes halogenated alkanes) is 1. The summed E-state index contributed by atoms with van der Waals surface area (Å²) in [6, 6.07) is 10.5. The molecule has 0 aliphatic heterocycles. The molecule has 0 bridgehead atoms. The highest BCUT2D eigenvalue weighted by atomic mass is 127. The van der Waals surface area contributed by atoms with E-state index in [0.717, 1.165) is 18.4 Å². The second-order valence-corrected chi connectivity index (χ2v) is 5.54. The summed E-state index contributed by atoms with van der Waals surface area (Å²) in [7, 11) is 1.68. The number of benzene rings is 1. The molecule has 5 nitrogen and oxygen atoms in total. The van der Waals surface area contributed by atoms with Gasteiger partial charge in [-0.05, 0) is 18.6 Å². The van der Waals surface area contributed by atoms with E-state index in [-0.39, 0.29) is 29.8 Å². The lowest BCUT2D eigenvalue weighted by Gasteiger charge is -2.14. The predicted octanol–water partition coefficient (Wildman–Crippen LogP) is 3.88. The van der Waals surface area contributed by atoms with Crippen molar-refractivity contribution in [1.82, 2.24) is 15.6 Å². The van der Waals surface area contributed by atoms with Gasteiger partial charge in [-0.3, -0.25) is 4.99 Å². The first kappa shape index (κ1) is 22.1. The molecule has 1 heterocycles. The first-order chi connectivity index (χ1) is 12.2. The lowest BCUT2D eigenvalue weighted by Crippen LogP contribution is -2.36. The van der Waals surface area contributed by atoms with Crippen molar-refractivity contribution >= 4 is 29.9 Å². The number of hydrogen-bond acceptors (Lipinski definition) is 3. The minimum atomic E-state index is -0.232. The molecule has 0 unspecified atom stereocenters. The molecule has 1 aromatic carbocycles. The zero-order valence-corrected chi connectivity index (χ0v) is 17.5. The van der Waals surface area contributed by atoms with Gasteiger partial charge in [0.25, 0.3) is 0 Å². The fourth-order valence-electron chi connectivity index (χ4n) is 2.22. The van der Waals surface area contributed by atoms with Crippen LogP contribution in [0.5, 0.6) is 5.88 Å². The smallest absolute Gasteiger partial charge is 0.218 e. The Morgan fingerprint density at radius 1 is 1.12 bits per heavy atom. The summed E-state index contributed by atoms with van der Waals surface area (Å²) < 4.78 is 19.4. The van der Waals surface area contributed by atoms with Crippen molar-refractivity contribution in [3.05, 3.63) is 59.5 Å².